The fraction of sp³-hybridized carbons (Fsp3) is 0.571. The molecule has 1 saturated carbocycles. The van der Waals surface area contributed by atoms with Gasteiger partial charge in [0.1, 0.15) is 0 Å². The minimum atomic E-state index is -3.46. The van der Waals surface area contributed by atoms with Gasteiger partial charge >= 0.3 is 0 Å². The zero-order valence-corrected chi connectivity index (χ0v) is 12.2. The molecule has 0 spiro atoms. The van der Waals surface area contributed by atoms with Gasteiger partial charge in [-0.25, -0.2) is 8.42 Å². The molecule has 4 nitrogen and oxygen atoms in total. The average molecular weight is 282 g/mol. The maximum Gasteiger partial charge on any atom is 0.243 e. The lowest BCUT2D eigenvalue weighted by molar-refractivity contribution is 0.159. The summed E-state index contributed by atoms with van der Waals surface area (Å²) in [5, 5.41) is 0. The molecule has 1 fully saturated rings. The predicted octanol–water partition coefficient (Wildman–Crippen LogP) is 1.97. The van der Waals surface area contributed by atoms with Crippen molar-refractivity contribution in [2.45, 2.75) is 42.5 Å². The first-order valence-corrected chi connectivity index (χ1v) is 8.21. The smallest absolute Gasteiger partial charge is 0.243 e. The van der Waals surface area contributed by atoms with Crippen molar-refractivity contribution in [3.8, 4) is 0 Å². The van der Waals surface area contributed by atoms with Gasteiger partial charge in [0.15, 0.2) is 0 Å². The van der Waals surface area contributed by atoms with Crippen molar-refractivity contribution in [2.75, 3.05) is 13.6 Å². The summed E-state index contributed by atoms with van der Waals surface area (Å²) in [5.41, 5.74) is 5.50. The zero-order valence-electron chi connectivity index (χ0n) is 11.4. The van der Waals surface area contributed by atoms with Gasteiger partial charge in [-0.15, -0.1) is 0 Å². The first-order valence-electron chi connectivity index (χ1n) is 6.77. The third-order valence-corrected chi connectivity index (χ3v) is 6.21. The Balaban J connectivity index is 2.34. The van der Waals surface area contributed by atoms with E-state index in [1.54, 1.807) is 31.3 Å². The lowest BCUT2D eigenvalue weighted by atomic mass is 9.82. The van der Waals surface area contributed by atoms with Gasteiger partial charge < -0.3 is 5.73 Å². The van der Waals surface area contributed by atoms with Crippen LogP contribution in [0.2, 0.25) is 0 Å². The largest absolute Gasteiger partial charge is 0.329 e. The Bertz CT molecular complexity index is 508. The SMILES string of the molecule is CN(C1(CN)CCCCC1)S(=O)(=O)c1ccccc1. The van der Waals surface area contributed by atoms with Gasteiger partial charge in [0.25, 0.3) is 0 Å². The summed E-state index contributed by atoms with van der Waals surface area (Å²) in [6, 6.07) is 8.59. The van der Waals surface area contributed by atoms with E-state index in [1.807, 2.05) is 6.07 Å². The second kappa shape index (κ2) is 5.61. The summed E-state index contributed by atoms with van der Waals surface area (Å²) in [6.45, 7) is 0.384. The van der Waals surface area contributed by atoms with Crippen LogP contribution in [0.3, 0.4) is 0 Å². The number of hydrogen-bond acceptors (Lipinski definition) is 3. The van der Waals surface area contributed by atoms with Crippen molar-refractivity contribution in [3.63, 3.8) is 0 Å². The van der Waals surface area contributed by atoms with Gasteiger partial charge in [0.2, 0.25) is 10.0 Å². The molecular weight excluding hydrogens is 260 g/mol. The molecule has 2 rings (SSSR count). The second-order valence-corrected chi connectivity index (χ2v) is 7.24. The average Bonchev–Trinajstić information content (AvgIpc) is 2.48. The van der Waals surface area contributed by atoms with Crippen molar-refractivity contribution in [2.24, 2.45) is 5.73 Å². The first kappa shape index (κ1) is 14.5. The van der Waals surface area contributed by atoms with Crippen LogP contribution in [0.4, 0.5) is 0 Å². The second-order valence-electron chi connectivity index (χ2n) is 5.27. The van der Waals surface area contributed by atoms with Crippen LogP contribution >= 0.6 is 0 Å². The first-order chi connectivity index (χ1) is 9.03. The number of hydrogen-bond donors (Lipinski definition) is 1. The van der Waals surface area contributed by atoms with E-state index in [0.29, 0.717) is 11.4 Å². The molecular formula is C14H22N2O2S. The van der Waals surface area contributed by atoms with Crippen molar-refractivity contribution in [1.82, 2.24) is 4.31 Å². The van der Waals surface area contributed by atoms with E-state index in [0.717, 1.165) is 25.7 Å². The normalized spacial score (nSPS) is 19.5. The molecule has 0 unspecified atom stereocenters. The molecule has 0 amide bonds. The molecule has 19 heavy (non-hydrogen) atoms. The molecule has 1 aliphatic rings. The van der Waals surface area contributed by atoms with Crippen LogP contribution in [0.5, 0.6) is 0 Å². The van der Waals surface area contributed by atoms with Gasteiger partial charge in [-0.3, -0.25) is 0 Å². The number of nitrogens with two attached hydrogens (primary N) is 1. The van der Waals surface area contributed by atoms with Crippen LogP contribution < -0.4 is 5.73 Å². The predicted molar refractivity (Wildman–Crippen MR) is 76.3 cm³/mol. The number of likely N-dealkylation sites (N-methyl/N-ethyl adjacent to an activating group) is 1. The summed E-state index contributed by atoms with van der Waals surface area (Å²) >= 11 is 0. The number of nitrogens with zero attached hydrogens (tertiary/aromatic N) is 1. The van der Waals surface area contributed by atoms with E-state index < -0.39 is 15.6 Å². The van der Waals surface area contributed by atoms with Crippen molar-refractivity contribution in [1.29, 1.82) is 0 Å². The van der Waals surface area contributed by atoms with E-state index in [2.05, 4.69) is 0 Å². The lowest BCUT2D eigenvalue weighted by Gasteiger charge is -2.42. The number of rotatable bonds is 4. The van der Waals surface area contributed by atoms with Gasteiger partial charge in [0, 0.05) is 19.1 Å². The molecule has 1 aromatic rings. The molecule has 0 atom stereocenters. The fourth-order valence-electron chi connectivity index (χ4n) is 2.86. The molecule has 2 N–H and O–H groups in total. The van der Waals surface area contributed by atoms with Crippen LogP contribution in [-0.4, -0.2) is 31.9 Å². The molecule has 5 heteroatoms. The molecule has 106 valence electrons. The van der Waals surface area contributed by atoms with Crippen LogP contribution in [0.1, 0.15) is 32.1 Å². The Labute approximate surface area is 115 Å². The van der Waals surface area contributed by atoms with Crippen LogP contribution in [0.15, 0.2) is 35.2 Å². The van der Waals surface area contributed by atoms with Gasteiger partial charge in [0.05, 0.1) is 4.90 Å². The van der Waals surface area contributed by atoms with E-state index in [9.17, 15) is 8.42 Å². The molecule has 0 saturated heterocycles. The van der Waals surface area contributed by atoms with Gasteiger partial charge in [-0.2, -0.15) is 4.31 Å². The minimum absolute atomic E-state index is 0.343. The van der Waals surface area contributed by atoms with Crippen LogP contribution in [0, 0.1) is 0 Å². The maximum absolute atomic E-state index is 12.7. The summed E-state index contributed by atoms with van der Waals surface area (Å²) in [5.74, 6) is 0. The van der Waals surface area contributed by atoms with E-state index in [4.69, 9.17) is 5.73 Å². The van der Waals surface area contributed by atoms with E-state index in [1.165, 1.54) is 10.7 Å². The third-order valence-electron chi connectivity index (χ3n) is 4.23. The van der Waals surface area contributed by atoms with Crippen LogP contribution in [0.25, 0.3) is 0 Å². The van der Waals surface area contributed by atoms with E-state index in [-0.39, 0.29) is 0 Å². The maximum atomic E-state index is 12.7. The Morgan fingerprint density at radius 2 is 1.74 bits per heavy atom. The summed E-state index contributed by atoms with van der Waals surface area (Å²) in [6.07, 6.45) is 4.97. The highest BCUT2D eigenvalue weighted by atomic mass is 32.2. The molecule has 0 bridgehead atoms. The molecule has 1 aromatic carbocycles. The fourth-order valence-corrected chi connectivity index (χ4v) is 4.45. The summed E-state index contributed by atoms with van der Waals surface area (Å²) < 4.78 is 26.8. The quantitative estimate of drug-likeness (QED) is 0.918. The van der Waals surface area contributed by atoms with E-state index >= 15 is 0 Å². The summed E-state index contributed by atoms with van der Waals surface area (Å²) in [7, 11) is -1.79. The van der Waals surface area contributed by atoms with Crippen molar-refractivity contribution in [3.05, 3.63) is 30.3 Å². The van der Waals surface area contributed by atoms with Gasteiger partial charge in [-0.1, -0.05) is 37.5 Å². The Morgan fingerprint density at radius 3 is 2.26 bits per heavy atom. The molecule has 0 aromatic heterocycles. The molecule has 1 aliphatic carbocycles. The third kappa shape index (κ3) is 2.68. The Morgan fingerprint density at radius 1 is 1.16 bits per heavy atom. The number of sulfonamides is 1. The zero-order chi connectivity index (χ0) is 13.9. The Hall–Kier alpha value is -0.910. The minimum Gasteiger partial charge on any atom is -0.329 e. The van der Waals surface area contributed by atoms with Crippen molar-refractivity contribution < 1.29 is 8.42 Å². The molecule has 0 heterocycles. The van der Waals surface area contributed by atoms with Crippen LogP contribution in [-0.2, 0) is 10.0 Å². The van der Waals surface area contributed by atoms with Crippen molar-refractivity contribution >= 4 is 10.0 Å². The monoisotopic (exact) mass is 282 g/mol. The summed E-state index contributed by atoms with van der Waals surface area (Å²) in [4.78, 5) is 0.343. The molecule has 0 radical (unpaired) electrons. The lowest BCUT2D eigenvalue weighted by Crippen LogP contribution is -2.55. The Kier molecular flexibility index (Phi) is 4.28. The highest BCUT2D eigenvalue weighted by Crippen LogP contribution is 2.35. The highest BCUT2D eigenvalue weighted by Gasteiger charge is 2.41. The number of benzene rings is 1. The van der Waals surface area contributed by atoms with Gasteiger partial charge in [-0.05, 0) is 25.0 Å². The standard InChI is InChI=1S/C14H22N2O2S/c1-16(14(12-15)10-6-3-7-11-14)19(17,18)13-8-4-2-5-9-13/h2,4-5,8-9H,3,6-7,10-12,15H2,1H3. The highest BCUT2D eigenvalue weighted by molar-refractivity contribution is 7.89. The molecule has 0 aliphatic heterocycles. The topological polar surface area (TPSA) is 63.4 Å².